The number of pyridine rings is 1. The summed E-state index contributed by atoms with van der Waals surface area (Å²) in [6.45, 7) is 0.490. The number of carbonyl (C=O) groups is 1. The Bertz CT molecular complexity index is 747. The van der Waals surface area contributed by atoms with Crippen LogP contribution in [0.4, 0.5) is 4.79 Å². The Morgan fingerprint density at radius 3 is 2.42 bits per heavy atom. The summed E-state index contributed by atoms with van der Waals surface area (Å²) in [7, 11) is 0. The summed E-state index contributed by atoms with van der Waals surface area (Å²) in [5.74, 6) is 3.25. The summed E-state index contributed by atoms with van der Waals surface area (Å²) in [5, 5.41) is 6.36. The molecular weight excluding hydrogens is 326 g/mol. The summed E-state index contributed by atoms with van der Waals surface area (Å²) >= 11 is 0. The SMILES string of the molecule is O=C(NCc1ccc(-c2ccco2)nc1)NC12CC3CC(CC(C3)C1)C2. The Balaban J connectivity index is 1.18. The van der Waals surface area contributed by atoms with Crippen LogP contribution in [0.25, 0.3) is 11.5 Å². The number of hydrogen-bond donors (Lipinski definition) is 2. The van der Waals surface area contributed by atoms with Gasteiger partial charge in [0.05, 0.1) is 6.26 Å². The molecule has 0 spiro atoms. The lowest BCUT2D eigenvalue weighted by atomic mass is 9.53. The van der Waals surface area contributed by atoms with Crippen LogP contribution in [-0.4, -0.2) is 16.6 Å². The third-order valence-electron chi connectivity index (χ3n) is 6.47. The van der Waals surface area contributed by atoms with Gasteiger partial charge in [0.2, 0.25) is 0 Å². The van der Waals surface area contributed by atoms with E-state index in [1.165, 1.54) is 38.5 Å². The van der Waals surface area contributed by atoms with Crippen molar-refractivity contribution < 1.29 is 9.21 Å². The van der Waals surface area contributed by atoms with Gasteiger partial charge in [-0.1, -0.05) is 6.07 Å². The van der Waals surface area contributed by atoms with E-state index in [2.05, 4.69) is 15.6 Å². The zero-order valence-corrected chi connectivity index (χ0v) is 14.9. The first kappa shape index (κ1) is 15.9. The molecule has 4 fully saturated rings. The van der Waals surface area contributed by atoms with Gasteiger partial charge in [-0.2, -0.15) is 0 Å². The monoisotopic (exact) mass is 351 g/mol. The van der Waals surface area contributed by atoms with Gasteiger partial charge in [-0.25, -0.2) is 4.79 Å². The van der Waals surface area contributed by atoms with Crippen molar-refractivity contribution in [3.63, 3.8) is 0 Å². The minimum absolute atomic E-state index is 0.0398. The highest BCUT2D eigenvalue weighted by Gasteiger charge is 2.51. The first-order chi connectivity index (χ1) is 12.7. The highest BCUT2D eigenvalue weighted by Crippen LogP contribution is 2.55. The molecule has 2 aromatic rings. The second-order valence-corrected chi connectivity index (χ2v) is 8.53. The molecule has 2 aromatic heterocycles. The van der Waals surface area contributed by atoms with Gasteiger partial charge in [-0.05, 0) is 80.0 Å². The summed E-state index contributed by atoms with van der Waals surface area (Å²) < 4.78 is 5.35. The first-order valence-corrected chi connectivity index (χ1v) is 9.72. The Labute approximate surface area is 153 Å². The van der Waals surface area contributed by atoms with Crippen molar-refractivity contribution in [2.45, 2.75) is 50.6 Å². The van der Waals surface area contributed by atoms with Gasteiger partial charge in [-0.15, -0.1) is 0 Å². The summed E-state index contributed by atoms with van der Waals surface area (Å²) in [5.41, 5.74) is 1.85. The molecule has 26 heavy (non-hydrogen) atoms. The number of urea groups is 1. The maximum absolute atomic E-state index is 12.5. The maximum Gasteiger partial charge on any atom is 0.315 e. The molecule has 5 nitrogen and oxygen atoms in total. The quantitative estimate of drug-likeness (QED) is 0.871. The van der Waals surface area contributed by atoms with Crippen molar-refractivity contribution in [3.05, 3.63) is 42.3 Å². The molecule has 0 aliphatic heterocycles. The molecule has 4 saturated carbocycles. The number of aromatic nitrogens is 1. The summed E-state index contributed by atoms with van der Waals surface area (Å²) in [6.07, 6.45) is 11.1. The number of furan rings is 1. The van der Waals surface area contributed by atoms with Crippen molar-refractivity contribution in [1.29, 1.82) is 0 Å². The Kier molecular flexibility index (Phi) is 3.76. The van der Waals surface area contributed by atoms with Crippen molar-refractivity contribution in [2.24, 2.45) is 17.8 Å². The molecule has 0 atom stereocenters. The molecule has 6 rings (SSSR count). The third-order valence-corrected chi connectivity index (χ3v) is 6.47. The van der Waals surface area contributed by atoms with Crippen LogP contribution < -0.4 is 10.6 Å². The van der Waals surface area contributed by atoms with Crippen LogP contribution in [-0.2, 0) is 6.54 Å². The summed E-state index contributed by atoms with van der Waals surface area (Å²) in [4.78, 5) is 16.9. The molecule has 2 heterocycles. The Morgan fingerprint density at radius 1 is 1.12 bits per heavy atom. The zero-order chi connectivity index (χ0) is 17.6. The first-order valence-electron chi connectivity index (χ1n) is 9.72. The van der Waals surface area contributed by atoms with Gasteiger partial charge >= 0.3 is 6.03 Å². The van der Waals surface area contributed by atoms with Gasteiger partial charge in [0.25, 0.3) is 0 Å². The number of amides is 2. The predicted molar refractivity (Wildman–Crippen MR) is 98.2 cm³/mol. The summed E-state index contributed by atoms with van der Waals surface area (Å²) in [6, 6.07) is 7.60. The highest BCUT2D eigenvalue weighted by atomic mass is 16.3. The fraction of sp³-hybridized carbons (Fsp3) is 0.524. The highest BCUT2D eigenvalue weighted by molar-refractivity contribution is 5.75. The van der Waals surface area contributed by atoms with E-state index >= 15 is 0 Å². The second kappa shape index (κ2) is 6.15. The molecule has 0 aromatic carbocycles. The van der Waals surface area contributed by atoms with E-state index in [0.717, 1.165) is 34.8 Å². The number of hydrogen-bond acceptors (Lipinski definition) is 3. The molecule has 5 heteroatoms. The van der Waals surface area contributed by atoms with E-state index in [4.69, 9.17) is 4.42 Å². The molecule has 2 amide bonds. The van der Waals surface area contributed by atoms with Crippen LogP contribution in [0.1, 0.15) is 44.1 Å². The van der Waals surface area contributed by atoms with E-state index in [9.17, 15) is 4.79 Å². The van der Waals surface area contributed by atoms with Crippen LogP contribution in [0.15, 0.2) is 41.1 Å². The van der Waals surface area contributed by atoms with Gasteiger partial charge in [0.1, 0.15) is 5.69 Å². The van der Waals surface area contributed by atoms with Crippen molar-refractivity contribution in [2.75, 3.05) is 0 Å². The molecular formula is C21H25N3O2. The van der Waals surface area contributed by atoms with E-state index in [1.807, 2.05) is 24.3 Å². The van der Waals surface area contributed by atoms with Crippen LogP contribution in [0.3, 0.4) is 0 Å². The van der Waals surface area contributed by atoms with Gasteiger partial charge < -0.3 is 15.1 Å². The molecule has 0 radical (unpaired) electrons. The average molecular weight is 351 g/mol. The minimum Gasteiger partial charge on any atom is -0.463 e. The molecule has 2 N–H and O–H groups in total. The topological polar surface area (TPSA) is 67.2 Å². The largest absolute Gasteiger partial charge is 0.463 e. The van der Waals surface area contributed by atoms with Crippen LogP contribution >= 0.6 is 0 Å². The number of nitrogens with zero attached hydrogens (tertiary/aromatic N) is 1. The van der Waals surface area contributed by atoms with E-state index in [0.29, 0.717) is 6.54 Å². The van der Waals surface area contributed by atoms with Crippen LogP contribution in [0, 0.1) is 17.8 Å². The molecule has 0 saturated heterocycles. The smallest absolute Gasteiger partial charge is 0.315 e. The van der Waals surface area contributed by atoms with Crippen LogP contribution in [0.5, 0.6) is 0 Å². The van der Waals surface area contributed by atoms with Gasteiger partial charge in [0.15, 0.2) is 5.76 Å². The maximum atomic E-state index is 12.5. The predicted octanol–water partition coefficient (Wildman–Crippen LogP) is 4.11. The van der Waals surface area contributed by atoms with Crippen LogP contribution in [0.2, 0.25) is 0 Å². The lowest BCUT2D eigenvalue weighted by Crippen LogP contribution is -2.61. The number of carbonyl (C=O) groups excluding carboxylic acids is 1. The Hall–Kier alpha value is -2.30. The second-order valence-electron chi connectivity index (χ2n) is 8.53. The molecule has 4 aliphatic rings. The molecule has 136 valence electrons. The zero-order valence-electron chi connectivity index (χ0n) is 14.9. The standard InChI is InChI=1S/C21H25N3O2/c25-20(24-21-9-15-6-16(10-21)8-17(7-15)11-21)23-13-14-3-4-18(22-12-14)19-2-1-5-26-19/h1-5,12,15-17H,6-11,13H2,(H2,23,24,25). The van der Waals surface area contributed by atoms with E-state index in [-0.39, 0.29) is 11.6 Å². The lowest BCUT2D eigenvalue weighted by molar-refractivity contribution is -0.0135. The minimum atomic E-state index is -0.0398. The molecule has 4 bridgehead atoms. The average Bonchev–Trinajstić information content (AvgIpc) is 3.13. The third kappa shape index (κ3) is 3.00. The lowest BCUT2D eigenvalue weighted by Gasteiger charge is -2.56. The number of rotatable bonds is 4. The van der Waals surface area contributed by atoms with Gasteiger partial charge in [-0.3, -0.25) is 4.98 Å². The van der Waals surface area contributed by atoms with E-state index < -0.39 is 0 Å². The van der Waals surface area contributed by atoms with Crippen molar-refractivity contribution in [3.8, 4) is 11.5 Å². The van der Waals surface area contributed by atoms with E-state index in [1.54, 1.807) is 12.5 Å². The van der Waals surface area contributed by atoms with Gasteiger partial charge in [0, 0.05) is 18.3 Å². The van der Waals surface area contributed by atoms with Crippen molar-refractivity contribution >= 4 is 6.03 Å². The normalized spacial score (nSPS) is 31.8. The molecule has 4 aliphatic carbocycles. The van der Waals surface area contributed by atoms with Crippen molar-refractivity contribution in [1.82, 2.24) is 15.6 Å². The number of nitrogens with one attached hydrogen (secondary N) is 2. The molecule has 0 unspecified atom stereocenters. The Morgan fingerprint density at radius 2 is 1.85 bits per heavy atom. The fourth-order valence-electron chi connectivity index (χ4n) is 5.83. The fourth-order valence-corrected chi connectivity index (χ4v) is 5.83.